The van der Waals surface area contributed by atoms with Gasteiger partial charge in [-0.1, -0.05) is 31.6 Å². The second-order valence-electron chi connectivity index (χ2n) is 4.24. The Kier molecular flexibility index (Phi) is 4.62. The molecule has 14 heavy (non-hydrogen) atoms. The van der Waals surface area contributed by atoms with Crippen LogP contribution in [0.5, 0.6) is 0 Å². The number of hydrogen-bond acceptors (Lipinski definition) is 1. The maximum Gasteiger partial charge on any atom is 0.104 e. The van der Waals surface area contributed by atoms with Crippen LogP contribution in [0.15, 0.2) is 24.4 Å². The molecule has 0 N–H and O–H groups in total. The van der Waals surface area contributed by atoms with E-state index in [-0.39, 0.29) is 0 Å². The Morgan fingerprint density at radius 2 is 2.07 bits per heavy atom. The third kappa shape index (κ3) is 3.43. The fraction of sp³-hybridized carbons (Fsp3) is 0.545. The highest BCUT2D eigenvalue weighted by molar-refractivity contribution is 6.89. The third-order valence-electron chi connectivity index (χ3n) is 2.54. The first-order chi connectivity index (χ1) is 6.67. The number of nitrogens with zero attached hydrogens (tertiary/aromatic N) is 1. The zero-order valence-electron chi connectivity index (χ0n) is 8.96. The van der Waals surface area contributed by atoms with Crippen molar-refractivity contribution >= 4 is 25.0 Å². The molecule has 1 rings (SSSR count). The highest BCUT2D eigenvalue weighted by Crippen LogP contribution is 2.13. The molecular weight excluding hydrogens is 210 g/mol. The quantitative estimate of drug-likeness (QED) is 0.428. The second-order valence-corrected chi connectivity index (χ2v) is 9.40. The fourth-order valence-corrected chi connectivity index (χ4v) is 4.10. The van der Waals surface area contributed by atoms with E-state index in [0.29, 0.717) is 0 Å². The van der Waals surface area contributed by atoms with E-state index in [1.54, 1.807) is 0 Å². The maximum absolute atomic E-state index is 5.68. The summed E-state index contributed by atoms with van der Waals surface area (Å²) in [5.41, 5.74) is 0. The van der Waals surface area contributed by atoms with Gasteiger partial charge in [0.25, 0.3) is 0 Å². The highest BCUT2D eigenvalue weighted by Gasteiger charge is 2.23. The lowest BCUT2D eigenvalue weighted by Crippen LogP contribution is -2.42. The summed E-state index contributed by atoms with van der Waals surface area (Å²) >= 11 is 5.68. The van der Waals surface area contributed by atoms with E-state index in [9.17, 15) is 0 Å². The number of unbranched alkanes of at least 4 members (excludes halogenated alkanes) is 1. The summed E-state index contributed by atoms with van der Waals surface area (Å²) in [7, 11) is -1.29. The van der Waals surface area contributed by atoms with Crippen LogP contribution in [0.25, 0.3) is 0 Å². The summed E-state index contributed by atoms with van der Waals surface area (Å²) in [5.74, 6) is 0.784. The molecule has 0 bridgehead atoms. The van der Waals surface area contributed by atoms with E-state index in [4.69, 9.17) is 11.6 Å². The van der Waals surface area contributed by atoms with Crippen molar-refractivity contribution in [1.29, 1.82) is 0 Å². The van der Waals surface area contributed by atoms with Crippen LogP contribution in [-0.4, -0.2) is 18.9 Å². The number of halogens is 1. The van der Waals surface area contributed by atoms with Crippen molar-refractivity contribution in [1.82, 2.24) is 4.98 Å². The maximum atomic E-state index is 5.68. The van der Waals surface area contributed by atoms with Crippen molar-refractivity contribution in [2.75, 3.05) is 5.88 Å². The van der Waals surface area contributed by atoms with E-state index in [1.165, 1.54) is 17.8 Å². The number of hydrogen-bond donors (Lipinski definition) is 0. The minimum Gasteiger partial charge on any atom is -0.266 e. The van der Waals surface area contributed by atoms with E-state index in [1.807, 2.05) is 12.3 Å². The van der Waals surface area contributed by atoms with Gasteiger partial charge in [-0.2, -0.15) is 0 Å². The lowest BCUT2D eigenvalue weighted by molar-refractivity contribution is 0.876. The molecule has 1 aromatic rings. The number of alkyl halides is 1. The molecule has 0 unspecified atom stereocenters. The minimum absolute atomic E-state index is 0.784. The summed E-state index contributed by atoms with van der Waals surface area (Å²) < 4.78 is 0. The van der Waals surface area contributed by atoms with Gasteiger partial charge in [0.1, 0.15) is 8.07 Å². The summed E-state index contributed by atoms with van der Waals surface area (Å²) in [6.45, 7) is 4.76. The van der Waals surface area contributed by atoms with Crippen LogP contribution in [0.3, 0.4) is 0 Å². The molecule has 0 saturated carbocycles. The lowest BCUT2D eigenvalue weighted by Gasteiger charge is -2.21. The van der Waals surface area contributed by atoms with E-state index in [2.05, 4.69) is 30.2 Å². The standard InChI is InChI=1S/C11H18ClNSi/c1-14(2,10-6-4-8-12)11-7-3-5-9-13-11/h3,5,7,9H,4,6,8,10H2,1-2H3. The molecule has 1 aromatic heterocycles. The van der Waals surface area contributed by atoms with Crippen LogP contribution in [0.4, 0.5) is 0 Å². The predicted octanol–water partition coefficient (Wildman–Crippen LogP) is 3.02. The molecule has 0 amide bonds. The topological polar surface area (TPSA) is 12.9 Å². The first-order valence-electron chi connectivity index (χ1n) is 5.14. The SMILES string of the molecule is C[Si](C)(CCCCCl)c1ccccn1. The van der Waals surface area contributed by atoms with Gasteiger partial charge in [-0.15, -0.1) is 11.6 Å². The number of rotatable bonds is 5. The lowest BCUT2D eigenvalue weighted by atomic mass is 10.4. The molecule has 0 aliphatic heterocycles. The molecule has 0 spiro atoms. The molecule has 1 nitrogen and oxygen atoms in total. The van der Waals surface area contributed by atoms with Crippen LogP contribution >= 0.6 is 11.6 Å². The summed E-state index contributed by atoms with van der Waals surface area (Å²) in [6, 6.07) is 7.51. The van der Waals surface area contributed by atoms with Crippen molar-refractivity contribution in [3.05, 3.63) is 24.4 Å². The summed E-state index contributed by atoms with van der Waals surface area (Å²) in [6.07, 6.45) is 4.26. The van der Waals surface area contributed by atoms with Gasteiger partial charge in [0.2, 0.25) is 0 Å². The van der Waals surface area contributed by atoms with Gasteiger partial charge < -0.3 is 0 Å². The van der Waals surface area contributed by atoms with Gasteiger partial charge in [-0.05, 0) is 18.6 Å². The summed E-state index contributed by atoms with van der Waals surface area (Å²) in [4.78, 5) is 4.46. The summed E-state index contributed by atoms with van der Waals surface area (Å²) in [5, 5.41) is 1.31. The second kappa shape index (κ2) is 5.52. The Balaban J connectivity index is 2.56. The van der Waals surface area contributed by atoms with Gasteiger partial charge in [0.15, 0.2) is 0 Å². The van der Waals surface area contributed by atoms with Crippen molar-refractivity contribution < 1.29 is 0 Å². The Hall–Kier alpha value is -0.343. The third-order valence-corrected chi connectivity index (χ3v) is 6.10. The molecule has 0 aliphatic rings. The number of aromatic nitrogens is 1. The first kappa shape index (κ1) is 11.7. The van der Waals surface area contributed by atoms with Crippen molar-refractivity contribution in [3.8, 4) is 0 Å². The van der Waals surface area contributed by atoms with Crippen LogP contribution in [-0.2, 0) is 0 Å². The van der Waals surface area contributed by atoms with Gasteiger partial charge in [0, 0.05) is 17.4 Å². The molecule has 1 heterocycles. The largest absolute Gasteiger partial charge is 0.266 e. The molecule has 0 radical (unpaired) electrons. The van der Waals surface area contributed by atoms with Crippen molar-refractivity contribution in [2.24, 2.45) is 0 Å². The van der Waals surface area contributed by atoms with Crippen molar-refractivity contribution in [2.45, 2.75) is 32.0 Å². The monoisotopic (exact) mass is 227 g/mol. The molecule has 0 saturated heterocycles. The molecular formula is C11H18ClNSi. The Bertz CT molecular complexity index is 261. The van der Waals surface area contributed by atoms with Gasteiger partial charge in [0.05, 0.1) is 0 Å². The van der Waals surface area contributed by atoms with E-state index in [0.717, 1.165) is 12.3 Å². The fourth-order valence-electron chi connectivity index (χ4n) is 1.55. The predicted molar refractivity (Wildman–Crippen MR) is 66.1 cm³/mol. The molecule has 0 aliphatic carbocycles. The van der Waals surface area contributed by atoms with Crippen molar-refractivity contribution in [3.63, 3.8) is 0 Å². The average molecular weight is 228 g/mol. The van der Waals surface area contributed by atoms with Gasteiger partial charge in [-0.25, -0.2) is 0 Å². The smallest absolute Gasteiger partial charge is 0.104 e. The molecule has 0 fully saturated rings. The zero-order chi connectivity index (χ0) is 10.4. The Labute approximate surface area is 92.5 Å². The highest BCUT2D eigenvalue weighted by atomic mass is 35.5. The van der Waals surface area contributed by atoms with E-state index >= 15 is 0 Å². The number of pyridine rings is 1. The minimum atomic E-state index is -1.29. The average Bonchev–Trinajstić information content (AvgIpc) is 2.19. The first-order valence-corrected chi connectivity index (χ1v) is 8.88. The molecule has 78 valence electrons. The Morgan fingerprint density at radius 1 is 1.29 bits per heavy atom. The van der Waals surface area contributed by atoms with Gasteiger partial charge in [-0.3, -0.25) is 4.98 Å². The molecule has 0 atom stereocenters. The van der Waals surface area contributed by atoms with Crippen LogP contribution in [0.1, 0.15) is 12.8 Å². The van der Waals surface area contributed by atoms with Gasteiger partial charge >= 0.3 is 0 Å². The normalized spacial score (nSPS) is 11.6. The Morgan fingerprint density at radius 3 is 2.64 bits per heavy atom. The zero-order valence-corrected chi connectivity index (χ0v) is 10.7. The molecule has 3 heteroatoms. The van der Waals surface area contributed by atoms with Crippen LogP contribution in [0, 0.1) is 0 Å². The van der Waals surface area contributed by atoms with E-state index < -0.39 is 8.07 Å². The molecule has 0 aromatic carbocycles. The van der Waals surface area contributed by atoms with Crippen LogP contribution < -0.4 is 5.32 Å². The van der Waals surface area contributed by atoms with Crippen LogP contribution in [0.2, 0.25) is 19.1 Å².